The van der Waals surface area contributed by atoms with Crippen molar-refractivity contribution in [3.05, 3.63) is 76.0 Å². The quantitative estimate of drug-likeness (QED) is 0.351. The number of primary amides is 1. The van der Waals surface area contributed by atoms with E-state index in [-0.39, 0.29) is 12.2 Å². The number of nitrogens with one attached hydrogen (secondary N) is 1. The van der Waals surface area contributed by atoms with E-state index in [0.717, 1.165) is 66.7 Å². The van der Waals surface area contributed by atoms with E-state index in [0.29, 0.717) is 10.4 Å². The first-order valence-corrected chi connectivity index (χ1v) is 12.2. The van der Waals surface area contributed by atoms with Crippen molar-refractivity contribution in [2.75, 3.05) is 29.9 Å². The highest BCUT2D eigenvalue weighted by molar-refractivity contribution is 6.08. The van der Waals surface area contributed by atoms with Crippen LogP contribution in [0.5, 0.6) is 0 Å². The van der Waals surface area contributed by atoms with Crippen LogP contribution in [-0.2, 0) is 11.8 Å². The number of nitrogens with two attached hydrogens (primary N) is 2. The van der Waals surface area contributed by atoms with Crippen molar-refractivity contribution in [1.29, 1.82) is 0 Å². The maximum atomic E-state index is 14.2. The van der Waals surface area contributed by atoms with Crippen LogP contribution in [0.15, 0.2) is 47.3 Å². The number of nitrogens with zero attached hydrogens (tertiary/aromatic N) is 5. The predicted octanol–water partition coefficient (Wildman–Crippen LogP) is 1.99. The predicted molar refractivity (Wildman–Crippen MR) is 143 cm³/mol. The Kier molecular flexibility index (Phi) is 8.00. The van der Waals surface area contributed by atoms with Gasteiger partial charge in [0.05, 0.1) is 23.4 Å². The molecule has 1 aliphatic rings. The molecule has 0 bridgehead atoms. The van der Waals surface area contributed by atoms with E-state index in [4.69, 9.17) is 10.7 Å². The normalized spacial score (nSPS) is 12.8. The molecule has 0 spiro atoms. The summed E-state index contributed by atoms with van der Waals surface area (Å²) in [4.78, 5) is 41.8. The Balaban J connectivity index is 0.000000648. The highest BCUT2D eigenvalue weighted by Gasteiger charge is 2.24. The van der Waals surface area contributed by atoms with Gasteiger partial charge in [-0.1, -0.05) is 6.07 Å². The summed E-state index contributed by atoms with van der Waals surface area (Å²) in [6.45, 7) is 3.54. The summed E-state index contributed by atoms with van der Waals surface area (Å²) < 4.78 is 31.0. The fourth-order valence-electron chi connectivity index (χ4n) is 4.29. The number of carbonyl (C=O) groups excluding carboxylic acids is 2. The summed E-state index contributed by atoms with van der Waals surface area (Å²) in [5, 5.41) is 6.80. The maximum Gasteiger partial charge on any atom is 0.276 e. The van der Waals surface area contributed by atoms with Gasteiger partial charge in [-0.3, -0.25) is 14.4 Å². The number of hydrogen-bond donors (Lipinski definition) is 3. The van der Waals surface area contributed by atoms with Crippen LogP contribution in [0.4, 0.5) is 20.2 Å². The van der Waals surface area contributed by atoms with E-state index in [1.165, 1.54) is 12.1 Å². The van der Waals surface area contributed by atoms with Crippen molar-refractivity contribution in [1.82, 2.24) is 19.3 Å². The fourth-order valence-corrected chi connectivity index (χ4v) is 4.29. The average molecular weight is 539 g/mol. The number of fused-ring (bicyclic) bond motifs is 1. The van der Waals surface area contributed by atoms with Gasteiger partial charge in [0, 0.05) is 26.2 Å². The molecule has 1 aliphatic heterocycles. The van der Waals surface area contributed by atoms with Crippen LogP contribution in [0, 0.1) is 18.6 Å². The van der Waals surface area contributed by atoms with Gasteiger partial charge in [-0.2, -0.15) is 9.78 Å². The molecule has 0 saturated carbocycles. The summed E-state index contributed by atoms with van der Waals surface area (Å²) >= 11 is 0. The molecule has 1 fully saturated rings. The van der Waals surface area contributed by atoms with Gasteiger partial charge >= 0.3 is 0 Å². The molecular weight excluding hydrogens is 510 g/mol. The third-order valence-corrected chi connectivity index (χ3v) is 6.30. The highest BCUT2D eigenvalue weighted by Crippen LogP contribution is 2.36. The number of halogens is 2. The number of amides is 2. The smallest absolute Gasteiger partial charge is 0.276 e. The second kappa shape index (κ2) is 11.4. The van der Waals surface area contributed by atoms with Crippen LogP contribution in [0.3, 0.4) is 0 Å². The molecule has 13 heteroatoms. The number of hydrogen-bond acceptors (Lipinski definition) is 7. The lowest BCUT2D eigenvalue weighted by molar-refractivity contribution is -0.116. The van der Waals surface area contributed by atoms with Crippen LogP contribution in [0.1, 0.15) is 29.2 Å². The number of carbonyl (C=O) groups is 2. The Morgan fingerprint density at radius 3 is 2.28 bits per heavy atom. The van der Waals surface area contributed by atoms with E-state index in [2.05, 4.69) is 21.0 Å². The fraction of sp³-hybridized carbons (Fsp3) is 0.269. The van der Waals surface area contributed by atoms with Crippen molar-refractivity contribution in [2.45, 2.75) is 19.8 Å². The van der Waals surface area contributed by atoms with Crippen LogP contribution < -0.4 is 27.2 Å². The number of anilines is 2. The Labute approximate surface area is 222 Å². The average Bonchev–Trinajstić information content (AvgIpc) is 3.53. The summed E-state index contributed by atoms with van der Waals surface area (Å²) in [5.41, 5.74) is 10.8. The van der Waals surface area contributed by atoms with Crippen LogP contribution in [-0.4, -0.2) is 50.8 Å². The number of aryl methyl sites for hydroxylation is 2. The van der Waals surface area contributed by atoms with Crippen LogP contribution >= 0.6 is 0 Å². The molecule has 0 aliphatic carbocycles. The third kappa shape index (κ3) is 5.62. The van der Waals surface area contributed by atoms with Crippen molar-refractivity contribution < 1.29 is 18.4 Å². The molecule has 11 nitrogen and oxygen atoms in total. The van der Waals surface area contributed by atoms with Gasteiger partial charge in [0.25, 0.3) is 11.5 Å². The van der Waals surface area contributed by atoms with E-state index in [1.807, 2.05) is 30.7 Å². The standard InChI is InChI=1S/C24H22F2N6O2.C2H6N2O/c1-14-27-21-19(30(14)2)10-8-17(23(21)31-12-3-4-13-31)28-24(34)18-9-11-20(33)32(29-18)22-15(25)6-5-7-16(22)26;3-1-2(4)5/h5-11H,3-4,12-13H2,1-2H3,(H,28,34);1,3H2,(H2,4,5). The molecule has 3 heterocycles. The second-order valence-electron chi connectivity index (χ2n) is 8.91. The molecule has 39 heavy (non-hydrogen) atoms. The first-order chi connectivity index (χ1) is 18.6. The minimum Gasteiger partial charge on any atom is -0.369 e. The van der Waals surface area contributed by atoms with Crippen molar-refractivity contribution in [3.8, 4) is 5.69 Å². The Morgan fingerprint density at radius 2 is 1.67 bits per heavy atom. The molecule has 2 amide bonds. The van der Waals surface area contributed by atoms with Gasteiger partial charge in [-0.25, -0.2) is 13.8 Å². The highest BCUT2D eigenvalue weighted by atomic mass is 19.1. The summed E-state index contributed by atoms with van der Waals surface area (Å²) in [6, 6.07) is 9.20. The van der Waals surface area contributed by atoms with Crippen LogP contribution in [0.25, 0.3) is 16.7 Å². The lowest BCUT2D eigenvalue weighted by atomic mass is 10.2. The van der Waals surface area contributed by atoms with E-state index in [1.54, 1.807) is 0 Å². The number of para-hydroxylation sites is 1. The number of aromatic nitrogens is 4. The Bertz CT molecular complexity index is 1590. The molecule has 5 rings (SSSR count). The molecule has 4 aromatic rings. The van der Waals surface area contributed by atoms with Crippen molar-refractivity contribution in [3.63, 3.8) is 0 Å². The molecule has 1 saturated heterocycles. The minimum absolute atomic E-state index is 0.0556. The molecule has 0 radical (unpaired) electrons. The zero-order valence-electron chi connectivity index (χ0n) is 21.4. The molecule has 204 valence electrons. The SMILES string of the molecule is Cc1nc2c(N3CCCC3)c(NC(=O)c3ccc(=O)n(-c4c(F)cccc4F)n3)ccc2n1C.NCC(N)=O. The molecule has 5 N–H and O–H groups in total. The summed E-state index contributed by atoms with van der Waals surface area (Å²) in [6.07, 6.45) is 2.08. The van der Waals surface area contributed by atoms with Gasteiger partial charge < -0.3 is 26.3 Å². The first kappa shape index (κ1) is 27.4. The first-order valence-electron chi connectivity index (χ1n) is 12.2. The maximum absolute atomic E-state index is 14.2. The lowest BCUT2D eigenvalue weighted by Gasteiger charge is -2.22. The molecular formula is C26H28F2N8O3. The summed E-state index contributed by atoms with van der Waals surface area (Å²) in [7, 11) is 1.94. The van der Waals surface area contributed by atoms with Gasteiger partial charge in [0.1, 0.15) is 22.7 Å². The van der Waals surface area contributed by atoms with Gasteiger partial charge in [0.2, 0.25) is 5.91 Å². The van der Waals surface area contributed by atoms with Gasteiger partial charge in [-0.05, 0) is 50.1 Å². The topological polar surface area (TPSA) is 154 Å². The van der Waals surface area contributed by atoms with E-state index in [9.17, 15) is 23.2 Å². The van der Waals surface area contributed by atoms with E-state index >= 15 is 0 Å². The number of imidazole rings is 1. The van der Waals surface area contributed by atoms with Crippen LogP contribution in [0.2, 0.25) is 0 Å². The number of rotatable bonds is 5. The molecule has 2 aromatic heterocycles. The molecule has 0 unspecified atom stereocenters. The third-order valence-electron chi connectivity index (χ3n) is 6.30. The van der Waals surface area contributed by atoms with E-state index < -0.39 is 34.7 Å². The largest absolute Gasteiger partial charge is 0.369 e. The zero-order valence-corrected chi connectivity index (χ0v) is 21.4. The lowest BCUT2D eigenvalue weighted by Crippen LogP contribution is -2.27. The zero-order chi connectivity index (χ0) is 28.3. The number of benzene rings is 2. The Morgan fingerprint density at radius 1 is 1.03 bits per heavy atom. The second-order valence-corrected chi connectivity index (χ2v) is 8.91. The Hall–Kier alpha value is -4.65. The van der Waals surface area contributed by atoms with Crippen molar-refractivity contribution >= 4 is 34.2 Å². The van der Waals surface area contributed by atoms with Gasteiger partial charge in [0.15, 0.2) is 11.6 Å². The molecule has 2 aromatic carbocycles. The summed E-state index contributed by atoms with van der Waals surface area (Å²) in [5.74, 6) is -2.15. The van der Waals surface area contributed by atoms with Crippen molar-refractivity contribution in [2.24, 2.45) is 18.5 Å². The minimum atomic E-state index is -0.959. The monoisotopic (exact) mass is 538 g/mol. The van der Waals surface area contributed by atoms with Gasteiger partial charge in [-0.15, -0.1) is 0 Å². The molecule has 0 atom stereocenters.